The van der Waals surface area contributed by atoms with Crippen molar-refractivity contribution in [2.24, 2.45) is 11.8 Å². The Kier molecular flexibility index (Phi) is 5.28. The second kappa shape index (κ2) is 7.46. The Morgan fingerprint density at radius 1 is 0.731 bits per heavy atom. The molecule has 0 bridgehead atoms. The van der Waals surface area contributed by atoms with Crippen LogP contribution in [0.15, 0.2) is 36.4 Å². The van der Waals surface area contributed by atoms with Gasteiger partial charge in [0.15, 0.2) is 23.0 Å². The van der Waals surface area contributed by atoms with Gasteiger partial charge in [0.1, 0.15) is 0 Å². The lowest BCUT2D eigenvalue weighted by molar-refractivity contribution is 0.0288. The summed E-state index contributed by atoms with van der Waals surface area (Å²) >= 11 is 0. The Morgan fingerprint density at radius 3 is 1.73 bits per heavy atom. The summed E-state index contributed by atoms with van der Waals surface area (Å²) in [5, 5.41) is 10.1. The minimum absolute atomic E-state index is 0.0564. The minimum atomic E-state index is -0.0973. The Morgan fingerprint density at radius 2 is 1.23 bits per heavy atom. The molecule has 1 fully saturated rings. The van der Waals surface area contributed by atoms with Crippen LogP contribution in [0, 0.1) is 11.8 Å². The van der Waals surface area contributed by atoms with Gasteiger partial charge in [0.2, 0.25) is 0 Å². The highest BCUT2D eigenvalue weighted by atomic mass is 16.5. The first kappa shape index (κ1) is 18.4. The van der Waals surface area contributed by atoms with Crippen LogP contribution in [-0.2, 0) is 4.74 Å². The highest BCUT2D eigenvalue weighted by molar-refractivity contribution is 5.45. The quantitative estimate of drug-likeness (QED) is 0.853. The average molecular weight is 358 g/mol. The number of rotatable bonds is 5. The van der Waals surface area contributed by atoms with Crippen molar-refractivity contribution < 1.29 is 24.1 Å². The lowest BCUT2D eigenvalue weighted by Gasteiger charge is -2.18. The first-order valence-electron chi connectivity index (χ1n) is 8.74. The molecule has 0 aliphatic carbocycles. The van der Waals surface area contributed by atoms with Crippen LogP contribution in [0.4, 0.5) is 0 Å². The smallest absolute Gasteiger partial charge is 0.161 e. The van der Waals surface area contributed by atoms with Gasteiger partial charge in [0.05, 0.1) is 33.5 Å². The Labute approximate surface area is 154 Å². The van der Waals surface area contributed by atoms with Crippen LogP contribution in [-0.4, -0.2) is 26.4 Å². The average Bonchev–Trinajstić information content (AvgIpc) is 2.96. The van der Waals surface area contributed by atoms with Crippen molar-refractivity contribution in [2.45, 2.75) is 26.1 Å². The molecule has 1 aliphatic heterocycles. The normalized spacial score (nSPS) is 25.1. The maximum absolute atomic E-state index is 10.1. The number of phenolic OH excluding ortho intramolecular Hbond substituents is 1. The van der Waals surface area contributed by atoms with Gasteiger partial charge in [-0.1, -0.05) is 26.0 Å². The number of methoxy groups -OCH3 is 3. The van der Waals surface area contributed by atoms with E-state index in [1.165, 1.54) is 0 Å². The molecule has 0 unspecified atom stereocenters. The van der Waals surface area contributed by atoms with E-state index in [-0.39, 0.29) is 18.0 Å². The highest BCUT2D eigenvalue weighted by Crippen LogP contribution is 2.50. The van der Waals surface area contributed by atoms with E-state index < -0.39 is 0 Å². The summed E-state index contributed by atoms with van der Waals surface area (Å²) < 4.78 is 22.3. The number of hydrogen-bond acceptors (Lipinski definition) is 5. The standard InChI is InChI=1S/C21H26O5/c1-12-13(2)21(15-7-9-18(24-4)19(11-15)25-5)26-20(12)14-6-8-17(23-3)16(22)10-14/h6-13,20-22H,1-5H3/t12-,13+,20-,21+/m1/s1. The summed E-state index contributed by atoms with van der Waals surface area (Å²) in [6.45, 7) is 4.37. The van der Waals surface area contributed by atoms with Gasteiger partial charge in [-0.25, -0.2) is 0 Å². The van der Waals surface area contributed by atoms with Crippen LogP contribution in [0.5, 0.6) is 23.0 Å². The first-order valence-corrected chi connectivity index (χ1v) is 8.74. The van der Waals surface area contributed by atoms with Crippen LogP contribution in [0.25, 0.3) is 0 Å². The van der Waals surface area contributed by atoms with E-state index in [9.17, 15) is 5.11 Å². The van der Waals surface area contributed by atoms with Crippen LogP contribution in [0.3, 0.4) is 0 Å². The minimum Gasteiger partial charge on any atom is -0.504 e. The van der Waals surface area contributed by atoms with Crippen molar-refractivity contribution in [3.63, 3.8) is 0 Å². The number of hydrogen-bond donors (Lipinski definition) is 1. The Hall–Kier alpha value is -2.40. The van der Waals surface area contributed by atoms with Gasteiger partial charge in [-0.2, -0.15) is 0 Å². The summed E-state index contributed by atoms with van der Waals surface area (Å²) in [5.41, 5.74) is 2.01. The van der Waals surface area contributed by atoms with E-state index in [0.29, 0.717) is 29.1 Å². The number of phenols is 1. The van der Waals surface area contributed by atoms with Gasteiger partial charge < -0.3 is 24.1 Å². The molecule has 5 nitrogen and oxygen atoms in total. The maximum Gasteiger partial charge on any atom is 0.161 e. The summed E-state index contributed by atoms with van der Waals surface area (Å²) in [4.78, 5) is 0. The first-order chi connectivity index (χ1) is 12.5. The topological polar surface area (TPSA) is 57.2 Å². The second-order valence-corrected chi connectivity index (χ2v) is 6.74. The summed E-state index contributed by atoms with van der Waals surface area (Å²) in [6, 6.07) is 11.3. The van der Waals surface area contributed by atoms with E-state index in [1.807, 2.05) is 24.3 Å². The molecule has 1 saturated heterocycles. The van der Waals surface area contributed by atoms with E-state index in [1.54, 1.807) is 33.5 Å². The van der Waals surface area contributed by atoms with Gasteiger partial charge in [0, 0.05) is 0 Å². The maximum atomic E-state index is 10.1. The SMILES string of the molecule is COc1ccc([C@@H]2O[C@H](c3ccc(OC)c(OC)c3)[C@@H](C)[C@H]2C)cc1O. The molecule has 0 radical (unpaired) electrons. The fourth-order valence-corrected chi connectivity index (χ4v) is 3.64. The fourth-order valence-electron chi connectivity index (χ4n) is 3.64. The molecule has 4 atom stereocenters. The number of ether oxygens (including phenoxy) is 4. The van der Waals surface area contributed by atoms with Gasteiger partial charge >= 0.3 is 0 Å². The monoisotopic (exact) mass is 358 g/mol. The number of benzene rings is 2. The summed E-state index contributed by atoms with van der Waals surface area (Å²) in [7, 11) is 4.80. The molecule has 1 aliphatic rings. The molecule has 140 valence electrons. The molecule has 0 saturated carbocycles. The van der Waals surface area contributed by atoms with Crippen molar-refractivity contribution >= 4 is 0 Å². The van der Waals surface area contributed by atoms with Crippen LogP contribution in [0.2, 0.25) is 0 Å². The zero-order valence-electron chi connectivity index (χ0n) is 15.9. The second-order valence-electron chi connectivity index (χ2n) is 6.74. The van der Waals surface area contributed by atoms with Crippen molar-refractivity contribution in [3.05, 3.63) is 47.5 Å². The third kappa shape index (κ3) is 3.19. The molecule has 3 rings (SSSR count). The van der Waals surface area contributed by atoms with E-state index >= 15 is 0 Å². The molecule has 26 heavy (non-hydrogen) atoms. The van der Waals surface area contributed by atoms with Gasteiger partial charge in [-0.05, 0) is 47.2 Å². The molecule has 5 heteroatoms. The third-order valence-electron chi connectivity index (χ3n) is 5.35. The van der Waals surface area contributed by atoms with Crippen molar-refractivity contribution in [2.75, 3.05) is 21.3 Å². The highest BCUT2D eigenvalue weighted by Gasteiger charge is 2.41. The molecule has 1 N–H and O–H groups in total. The Bertz CT molecular complexity index is 773. The molecular weight excluding hydrogens is 332 g/mol. The lowest BCUT2D eigenvalue weighted by atomic mass is 9.85. The van der Waals surface area contributed by atoms with Gasteiger partial charge in [0.25, 0.3) is 0 Å². The van der Waals surface area contributed by atoms with Crippen LogP contribution in [0.1, 0.15) is 37.2 Å². The lowest BCUT2D eigenvalue weighted by Crippen LogP contribution is -2.10. The summed E-state index contributed by atoms with van der Waals surface area (Å²) in [5.74, 6) is 2.58. The molecule has 1 heterocycles. The molecule has 2 aromatic rings. The van der Waals surface area contributed by atoms with Gasteiger partial charge in [-0.15, -0.1) is 0 Å². The molecule has 0 amide bonds. The van der Waals surface area contributed by atoms with Crippen molar-refractivity contribution in [1.82, 2.24) is 0 Å². The van der Waals surface area contributed by atoms with Crippen molar-refractivity contribution in [3.8, 4) is 23.0 Å². The third-order valence-corrected chi connectivity index (χ3v) is 5.35. The van der Waals surface area contributed by atoms with Crippen molar-refractivity contribution in [1.29, 1.82) is 0 Å². The summed E-state index contributed by atoms with van der Waals surface area (Å²) in [6.07, 6.45) is -0.154. The van der Waals surface area contributed by atoms with Crippen LogP contribution < -0.4 is 14.2 Å². The largest absolute Gasteiger partial charge is 0.504 e. The number of aromatic hydroxyl groups is 1. The van der Waals surface area contributed by atoms with Crippen LogP contribution >= 0.6 is 0 Å². The molecular formula is C21H26O5. The fraction of sp³-hybridized carbons (Fsp3) is 0.429. The predicted octanol–water partition coefficient (Wildman–Crippen LogP) is 4.50. The zero-order chi connectivity index (χ0) is 18.8. The van der Waals surface area contributed by atoms with E-state index in [0.717, 1.165) is 11.1 Å². The van der Waals surface area contributed by atoms with Gasteiger partial charge in [-0.3, -0.25) is 0 Å². The zero-order valence-corrected chi connectivity index (χ0v) is 15.9. The Balaban J connectivity index is 1.89. The van der Waals surface area contributed by atoms with E-state index in [2.05, 4.69) is 13.8 Å². The van der Waals surface area contributed by atoms with E-state index in [4.69, 9.17) is 18.9 Å². The predicted molar refractivity (Wildman–Crippen MR) is 99.1 cm³/mol. The molecule has 0 aromatic heterocycles. The molecule has 2 aromatic carbocycles. The molecule has 0 spiro atoms.